The van der Waals surface area contributed by atoms with Crippen LogP contribution in [0.3, 0.4) is 0 Å². The molecule has 0 fully saturated rings. The standard InChI is InChI=1S/C7H11F3N4OS/c1-6(2,15)3-16-5-13-12-4(14(5)11)7(8,9)10/h15H,3,11H2,1-2H3. The van der Waals surface area contributed by atoms with Gasteiger partial charge in [0.15, 0.2) is 0 Å². The van der Waals surface area contributed by atoms with E-state index in [4.69, 9.17) is 5.84 Å². The van der Waals surface area contributed by atoms with Crippen molar-refractivity contribution in [1.82, 2.24) is 14.9 Å². The second-order valence-corrected chi connectivity index (χ2v) is 4.72. The van der Waals surface area contributed by atoms with E-state index in [-0.39, 0.29) is 10.9 Å². The number of nitrogen functional groups attached to an aromatic ring is 1. The van der Waals surface area contributed by atoms with E-state index in [1.807, 2.05) is 0 Å². The Morgan fingerprint density at radius 1 is 1.38 bits per heavy atom. The van der Waals surface area contributed by atoms with Gasteiger partial charge in [-0.25, -0.2) is 4.68 Å². The van der Waals surface area contributed by atoms with Crippen LogP contribution < -0.4 is 5.84 Å². The van der Waals surface area contributed by atoms with Crippen LogP contribution in [-0.2, 0) is 6.18 Å². The Bertz CT molecular complexity index is 371. The van der Waals surface area contributed by atoms with Crippen LogP contribution in [0.4, 0.5) is 13.2 Å². The average molecular weight is 256 g/mol. The zero-order valence-corrected chi connectivity index (χ0v) is 9.43. The van der Waals surface area contributed by atoms with Crippen LogP contribution >= 0.6 is 11.8 Å². The number of aliphatic hydroxyl groups is 1. The van der Waals surface area contributed by atoms with Crippen molar-refractivity contribution >= 4 is 11.8 Å². The van der Waals surface area contributed by atoms with E-state index >= 15 is 0 Å². The van der Waals surface area contributed by atoms with E-state index in [1.165, 1.54) is 13.8 Å². The summed E-state index contributed by atoms with van der Waals surface area (Å²) < 4.78 is 37.2. The number of alkyl halides is 3. The molecule has 16 heavy (non-hydrogen) atoms. The molecule has 0 aliphatic carbocycles. The summed E-state index contributed by atoms with van der Waals surface area (Å²) in [6.45, 7) is 3.06. The van der Waals surface area contributed by atoms with Crippen LogP contribution in [0.25, 0.3) is 0 Å². The van der Waals surface area contributed by atoms with Crippen molar-refractivity contribution in [3.63, 3.8) is 0 Å². The second kappa shape index (κ2) is 4.13. The maximum absolute atomic E-state index is 12.3. The number of rotatable bonds is 3. The number of thioether (sulfide) groups is 1. The Balaban J connectivity index is 2.81. The van der Waals surface area contributed by atoms with Gasteiger partial charge in [-0.2, -0.15) is 13.2 Å². The minimum Gasteiger partial charge on any atom is -0.390 e. The monoisotopic (exact) mass is 256 g/mol. The molecule has 1 aromatic rings. The Hall–Kier alpha value is -0.960. The van der Waals surface area contributed by atoms with Crippen molar-refractivity contribution in [3.8, 4) is 0 Å². The third-order valence-corrected chi connectivity index (χ3v) is 2.86. The molecule has 0 radical (unpaired) electrons. The lowest BCUT2D eigenvalue weighted by atomic mass is 10.2. The zero-order chi connectivity index (χ0) is 12.6. The molecular formula is C7H11F3N4OS. The van der Waals surface area contributed by atoms with E-state index in [0.29, 0.717) is 4.68 Å². The quantitative estimate of drug-likeness (QED) is 0.620. The molecule has 0 aliphatic heterocycles. The van der Waals surface area contributed by atoms with Gasteiger partial charge in [-0.15, -0.1) is 10.2 Å². The second-order valence-electron chi connectivity index (χ2n) is 3.78. The summed E-state index contributed by atoms with van der Waals surface area (Å²) in [7, 11) is 0. The lowest BCUT2D eigenvalue weighted by molar-refractivity contribution is -0.146. The molecule has 5 nitrogen and oxygen atoms in total. The molecule has 0 aromatic carbocycles. The SMILES string of the molecule is CC(C)(O)CSc1nnc(C(F)(F)F)n1N. The molecule has 1 rings (SSSR count). The van der Waals surface area contributed by atoms with E-state index in [2.05, 4.69) is 10.2 Å². The number of hydrogen-bond donors (Lipinski definition) is 2. The molecule has 1 heterocycles. The Kier molecular flexibility index (Phi) is 3.38. The molecule has 0 bridgehead atoms. The normalized spacial score (nSPS) is 13.1. The summed E-state index contributed by atoms with van der Waals surface area (Å²) in [6, 6.07) is 0. The molecule has 92 valence electrons. The van der Waals surface area contributed by atoms with Crippen molar-refractivity contribution in [2.24, 2.45) is 0 Å². The third kappa shape index (κ3) is 3.27. The van der Waals surface area contributed by atoms with Crippen molar-refractivity contribution < 1.29 is 18.3 Å². The largest absolute Gasteiger partial charge is 0.453 e. The highest BCUT2D eigenvalue weighted by Gasteiger charge is 2.38. The first-order chi connectivity index (χ1) is 7.11. The predicted molar refractivity (Wildman–Crippen MR) is 52.2 cm³/mol. The van der Waals surface area contributed by atoms with Gasteiger partial charge in [0.2, 0.25) is 5.16 Å². The van der Waals surface area contributed by atoms with E-state index in [9.17, 15) is 18.3 Å². The van der Waals surface area contributed by atoms with Crippen LogP contribution in [0.1, 0.15) is 19.7 Å². The predicted octanol–water partition coefficient (Wildman–Crippen LogP) is 0.874. The van der Waals surface area contributed by atoms with E-state index in [0.717, 1.165) is 11.8 Å². The highest BCUT2D eigenvalue weighted by Crippen LogP contribution is 2.29. The Labute approximate surface area is 93.8 Å². The zero-order valence-electron chi connectivity index (χ0n) is 8.62. The molecule has 0 atom stereocenters. The molecule has 0 saturated heterocycles. The number of nitrogens with zero attached hydrogens (tertiary/aromatic N) is 3. The summed E-state index contributed by atoms with van der Waals surface area (Å²) in [4.78, 5) is 0. The minimum atomic E-state index is -4.63. The fraction of sp³-hybridized carbons (Fsp3) is 0.714. The summed E-state index contributed by atoms with van der Waals surface area (Å²) in [5.74, 6) is 4.10. The fourth-order valence-electron chi connectivity index (χ4n) is 0.810. The molecule has 0 spiro atoms. The topological polar surface area (TPSA) is 77.0 Å². The first-order valence-electron chi connectivity index (χ1n) is 4.24. The summed E-state index contributed by atoms with van der Waals surface area (Å²) in [6.07, 6.45) is -4.63. The minimum absolute atomic E-state index is 0.0885. The van der Waals surface area contributed by atoms with Gasteiger partial charge in [0.1, 0.15) is 0 Å². The van der Waals surface area contributed by atoms with Crippen LogP contribution in [0, 0.1) is 0 Å². The van der Waals surface area contributed by atoms with Crippen LogP contribution in [-0.4, -0.2) is 31.3 Å². The van der Waals surface area contributed by atoms with Gasteiger partial charge in [0.25, 0.3) is 5.82 Å². The van der Waals surface area contributed by atoms with Crippen LogP contribution in [0.2, 0.25) is 0 Å². The summed E-state index contributed by atoms with van der Waals surface area (Å²) in [5, 5.41) is 15.6. The number of halogens is 3. The molecular weight excluding hydrogens is 245 g/mol. The Morgan fingerprint density at radius 3 is 2.31 bits per heavy atom. The molecule has 0 amide bonds. The smallest absolute Gasteiger partial charge is 0.390 e. The lowest BCUT2D eigenvalue weighted by Crippen LogP contribution is -2.24. The maximum Gasteiger partial charge on any atom is 0.453 e. The molecule has 0 aliphatic rings. The van der Waals surface area contributed by atoms with Crippen LogP contribution in [0.15, 0.2) is 5.16 Å². The van der Waals surface area contributed by atoms with Crippen molar-refractivity contribution in [3.05, 3.63) is 5.82 Å². The first kappa shape index (κ1) is 13.1. The van der Waals surface area contributed by atoms with E-state index < -0.39 is 17.6 Å². The Morgan fingerprint density at radius 2 is 1.94 bits per heavy atom. The number of nitrogens with two attached hydrogens (primary N) is 1. The number of aromatic nitrogens is 3. The lowest BCUT2D eigenvalue weighted by Gasteiger charge is -2.15. The summed E-state index contributed by atoms with van der Waals surface area (Å²) in [5.41, 5.74) is -1.02. The van der Waals surface area contributed by atoms with Gasteiger partial charge in [0.05, 0.1) is 5.60 Å². The highest BCUT2D eigenvalue weighted by molar-refractivity contribution is 7.99. The van der Waals surface area contributed by atoms with Gasteiger partial charge in [-0.3, -0.25) is 0 Å². The van der Waals surface area contributed by atoms with Gasteiger partial charge >= 0.3 is 6.18 Å². The molecule has 0 unspecified atom stereocenters. The van der Waals surface area contributed by atoms with Crippen molar-refractivity contribution in [2.45, 2.75) is 30.8 Å². The average Bonchev–Trinajstić information content (AvgIpc) is 2.41. The highest BCUT2D eigenvalue weighted by atomic mass is 32.2. The molecule has 1 aromatic heterocycles. The van der Waals surface area contributed by atoms with Gasteiger partial charge in [0, 0.05) is 5.75 Å². The van der Waals surface area contributed by atoms with Crippen molar-refractivity contribution in [2.75, 3.05) is 11.6 Å². The van der Waals surface area contributed by atoms with E-state index in [1.54, 1.807) is 0 Å². The maximum atomic E-state index is 12.3. The number of hydrogen-bond acceptors (Lipinski definition) is 5. The van der Waals surface area contributed by atoms with Crippen molar-refractivity contribution in [1.29, 1.82) is 0 Å². The first-order valence-corrected chi connectivity index (χ1v) is 5.23. The molecule has 3 N–H and O–H groups in total. The molecule has 9 heteroatoms. The van der Waals surface area contributed by atoms with Gasteiger partial charge in [-0.05, 0) is 13.8 Å². The van der Waals surface area contributed by atoms with Crippen LogP contribution in [0.5, 0.6) is 0 Å². The summed E-state index contributed by atoms with van der Waals surface area (Å²) >= 11 is 0.905. The van der Waals surface area contributed by atoms with Gasteiger partial charge < -0.3 is 10.9 Å². The van der Waals surface area contributed by atoms with Gasteiger partial charge in [-0.1, -0.05) is 11.8 Å². The molecule has 0 saturated carbocycles. The fourth-order valence-corrected chi connectivity index (χ4v) is 1.62. The third-order valence-electron chi connectivity index (χ3n) is 1.47.